The minimum Gasteiger partial charge on any atom is -0.368 e. The molecule has 0 fully saturated rings. The summed E-state index contributed by atoms with van der Waals surface area (Å²) >= 11 is 1.25. The van der Waals surface area contributed by atoms with E-state index in [1.807, 2.05) is 6.07 Å². The SMILES string of the molecule is N#CCSc1ccccc1C(=O)NOCC(N)=O. The third kappa shape index (κ3) is 4.45. The number of nitriles is 1. The van der Waals surface area contributed by atoms with Gasteiger partial charge in [-0.25, -0.2) is 5.48 Å². The van der Waals surface area contributed by atoms with Gasteiger partial charge < -0.3 is 5.73 Å². The highest BCUT2D eigenvalue weighted by atomic mass is 32.2. The van der Waals surface area contributed by atoms with Crippen molar-refractivity contribution in [2.75, 3.05) is 12.4 Å². The van der Waals surface area contributed by atoms with E-state index in [1.165, 1.54) is 11.8 Å². The fourth-order valence-electron chi connectivity index (χ4n) is 1.12. The molecule has 0 bridgehead atoms. The van der Waals surface area contributed by atoms with Crippen LogP contribution in [0.5, 0.6) is 0 Å². The summed E-state index contributed by atoms with van der Waals surface area (Å²) in [6, 6.07) is 8.76. The second-order valence-corrected chi connectivity index (χ2v) is 4.15. The molecule has 94 valence electrons. The molecule has 1 aromatic carbocycles. The van der Waals surface area contributed by atoms with Crippen LogP contribution in [0.3, 0.4) is 0 Å². The topological polar surface area (TPSA) is 105 Å². The lowest BCUT2D eigenvalue weighted by Crippen LogP contribution is -2.29. The van der Waals surface area contributed by atoms with Crippen LogP contribution in [0.15, 0.2) is 29.2 Å². The predicted molar refractivity (Wildman–Crippen MR) is 65.4 cm³/mol. The van der Waals surface area contributed by atoms with E-state index >= 15 is 0 Å². The Morgan fingerprint density at radius 3 is 2.83 bits per heavy atom. The van der Waals surface area contributed by atoms with Gasteiger partial charge in [-0.1, -0.05) is 12.1 Å². The summed E-state index contributed by atoms with van der Waals surface area (Å²) in [4.78, 5) is 27.4. The first-order valence-corrected chi connectivity index (χ1v) is 5.93. The minimum absolute atomic E-state index is 0.242. The van der Waals surface area contributed by atoms with Crippen molar-refractivity contribution in [3.63, 3.8) is 0 Å². The molecule has 0 heterocycles. The lowest BCUT2D eigenvalue weighted by Gasteiger charge is -2.07. The third-order valence-corrected chi connectivity index (χ3v) is 2.74. The normalized spacial score (nSPS) is 9.50. The Kier molecular flexibility index (Phi) is 5.70. The molecule has 3 N–H and O–H groups in total. The Hall–Kier alpha value is -2.04. The van der Waals surface area contributed by atoms with Crippen LogP contribution >= 0.6 is 11.8 Å². The van der Waals surface area contributed by atoms with Gasteiger partial charge in [-0.2, -0.15) is 5.26 Å². The number of carbonyl (C=O) groups excluding carboxylic acids is 2. The molecular weight excluding hydrogens is 254 g/mol. The Morgan fingerprint density at radius 2 is 2.17 bits per heavy atom. The van der Waals surface area contributed by atoms with Crippen LogP contribution in [-0.4, -0.2) is 24.2 Å². The van der Waals surface area contributed by atoms with Crippen molar-refractivity contribution in [2.45, 2.75) is 4.90 Å². The van der Waals surface area contributed by atoms with E-state index in [1.54, 1.807) is 24.3 Å². The number of benzene rings is 1. The standard InChI is InChI=1S/C11H11N3O3S/c12-5-6-18-9-4-2-1-3-8(9)11(16)14-17-7-10(13)15/h1-4H,6-7H2,(H2,13,15)(H,14,16). The van der Waals surface area contributed by atoms with Gasteiger partial charge >= 0.3 is 0 Å². The number of hydrogen-bond donors (Lipinski definition) is 2. The van der Waals surface area contributed by atoms with Gasteiger partial charge in [0.15, 0.2) is 6.61 Å². The molecule has 0 unspecified atom stereocenters. The van der Waals surface area contributed by atoms with E-state index in [0.29, 0.717) is 10.5 Å². The highest BCUT2D eigenvalue weighted by Gasteiger charge is 2.11. The number of amides is 2. The second kappa shape index (κ2) is 7.32. The maximum Gasteiger partial charge on any atom is 0.275 e. The first-order valence-electron chi connectivity index (χ1n) is 4.94. The lowest BCUT2D eigenvalue weighted by molar-refractivity contribution is -0.124. The average molecular weight is 265 g/mol. The highest BCUT2D eigenvalue weighted by Crippen LogP contribution is 2.21. The monoisotopic (exact) mass is 265 g/mol. The van der Waals surface area contributed by atoms with Gasteiger partial charge in [0, 0.05) is 4.90 Å². The van der Waals surface area contributed by atoms with Crippen LogP contribution in [0.25, 0.3) is 0 Å². The first-order chi connectivity index (χ1) is 8.65. The van der Waals surface area contributed by atoms with E-state index < -0.39 is 11.8 Å². The quantitative estimate of drug-likeness (QED) is 0.574. The summed E-state index contributed by atoms with van der Waals surface area (Å²) in [5.74, 6) is -0.924. The number of nitrogens with zero attached hydrogens (tertiary/aromatic N) is 1. The molecule has 6 nitrogen and oxygen atoms in total. The van der Waals surface area contributed by atoms with E-state index in [4.69, 9.17) is 11.0 Å². The molecule has 2 amide bonds. The fraction of sp³-hybridized carbons (Fsp3) is 0.182. The molecular formula is C11H11N3O3S. The number of nitrogens with two attached hydrogens (primary N) is 1. The molecule has 0 radical (unpaired) electrons. The summed E-state index contributed by atoms with van der Waals surface area (Å²) in [6.45, 7) is -0.390. The van der Waals surface area contributed by atoms with Crippen LogP contribution in [0.4, 0.5) is 0 Å². The summed E-state index contributed by atoms with van der Waals surface area (Å²) < 4.78 is 0. The van der Waals surface area contributed by atoms with Crippen molar-refractivity contribution in [1.82, 2.24) is 5.48 Å². The number of thioether (sulfide) groups is 1. The van der Waals surface area contributed by atoms with Gasteiger partial charge in [-0.05, 0) is 12.1 Å². The van der Waals surface area contributed by atoms with Gasteiger partial charge in [0.2, 0.25) is 5.91 Å². The van der Waals surface area contributed by atoms with Gasteiger partial charge in [0.1, 0.15) is 0 Å². The molecule has 0 aliphatic heterocycles. The third-order valence-electron chi connectivity index (χ3n) is 1.80. The summed E-state index contributed by atoms with van der Waals surface area (Å²) in [7, 11) is 0. The zero-order valence-electron chi connectivity index (χ0n) is 9.38. The zero-order chi connectivity index (χ0) is 13.4. The summed E-state index contributed by atoms with van der Waals surface area (Å²) in [5, 5.41) is 8.51. The van der Waals surface area contributed by atoms with E-state index in [-0.39, 0.29) is 12.4 Å². The number of carbonyl (C=O) groups is 2. The highest BCUT2D eigenvalue weighted by molar-refractivity contribution is 7.99. The molecule has 0 saturated heterocycles. The molecule has 0 aliphatic carbocycles. The maximum atomic E-state index is 11.7. The summed E-state index contributed by atoms with van der Waals surface area (Å²) in [5.41, 5.74) is 7.35. The molecule has 18 heavy (non-hydrogen) atoms. The molecule has 1 aromatic rings. The number of rotatable bonds is 6. The van der Waals surface area contributed by atoms with E-state index in [0.717, 1.165) is 0 Å². The van der Waals surface area contributed by atoms with Crippen molar-refractivity contribution < 1.29 is 14.4 Å². The minimum atomic E-state index is -0.678. The van der Waals surface area contributed by atoms with Crippen LogP contribution in [0.2, 0.25) is 0 Å². The van der Waals surface area contributed by atoms with Gasteiger partial charge in [-0.15, -0.1) is 11.8 Å². The maximum absolute atomic E-state index is 11.7. The van der Waals surface area contributed by atoms with Crippen molar-refractivity contribution in [1.29, 1.82) is 5.26 Å². The predicted octanol–water partition coefficient (Wildman–Crippen LogP) is 0.449. The van der Waals surface area contributed by atoms with Gasteiger partial charge in [0.25, 0.3) is 5.91 Å². The summed E-state index contributed by atoms with van der Waals surface area (Å²) in [6.07, 6.45) is 0. The zero-order valence-corrected chi connectivity index (χ0v) is 10.2. The Labute approximate surface area is 108 Å². The van der Waals surface area contributed by atoms with Crippen LogP contribution < -0.4 is 11.2 Å². The van der Waals surface area contributed by atoms with Crippen molar-refractivity contribution in [3.05, 3.63) is 29.8 Å². The lowest BCUT2D eigenvalue weighted by atomic mass is 10.2. The van der Waals surface area contributed by atoms with E-state index in [2.05, 4.69) is 10.3 Å². The van der Waals surface area contributed by atoms with E-state index in [9.17, 15) is 9.59 Å². The fourth-order valence-corrected chi connectivity index (χ4v) is 1.83. The van der Waals surface area contributed by atoms with Crippen LogP contribution in [-0.2, 0) is 9.63 Å². The Morgan fingerprint density at radius 1 is 1.44 bits per heavy atom. The smallest absolute Gasteiger partial charge is 0.275 e. The van der Waals surface area contributed by atoms with Gasteiger partial charge in [-0.3, -0.25) is 14.4 Å². The molecule has 1 rings (SSSR count). The molecule has 0 spiro atoms. The van der Waals surface area contributed by atoms with Crippen molar-refractivity contribution in [3.8, 4) is 6.07 Å². The van der Waals surface area contributed by atoms with Crippen molar-refractivity contribution in [2.24, 2.45) is 5.73 Å². The Bertz CT molecular complexity index is 485. The number of nitrogens with one attached hydrogen (secondary N) is 1. The number of primary amides is 1. The Balaban J connectivity index is 2.66. The largest absolute Gasteiger partial charge is 0.368 e. The molecule has 0 saturated carbocycles. The molecule has 7 heteroatoms. The number of hydrogen-bond acceptors (Lipinski definition) is 5. The van der Waals surface area contributed by atoms with Crippen LogP contribution in [0.1, 0.15) is 10.4 Å². The van der Waals surface area contributed by atoms with Crippen LogP contribution in [0, 0.1) is 11.3 Å². The van der Waals surface area contributed by atoms with Gasteiger partial charge in [0.05, 0.1) is 17.4 Å². The van der Waals surface area contributed by atoms with Crippen molar-refractivity contribution >= 4 is 23.6 Å². The number of hydroxylamine groups is 1. The second-order valence-electron chi connectivity index (χ2n) is 3.13. The first kappa shape index (κ1) is 14.0. The molecule has 0 atom stereocenters. The molecule has 0 aromatic heterocycles. The average Bonchev–Trinajstić information content (AvgIpc) is 2.36. The molecule has 0 aliphatic rings.